The summed E-state index contributed by atoms with van der Waals surface area (Å²) in [6.07, 6.45) is 3.64. The molecule has 30 heavy (non-hydrogen) atoms. The van der Waals surface area contributed by atoms with Crippen molar-refractivity contribution in [1.82, 2.24) is 15.2 Å². The van der Waals surface area contributed by atoms with Gasteiger partial charge in [0.2, 0.25) is 5.88 Å². The molecule has 1 saturated heterocycles. The lowest BCUT2D eigenvalue weighted by molar-refractivity contribution is 0.0943. The number of nitrogens with zero attached hydrogens (tertiary/aromatic N) is 3. The lowest BCUT2D eigenvalue weighted by Crippen LogP contribution is -2.46. The largest absolute Gasteiger partial charge is 0.475 e. The van der Waals surface area contributed by atoms with Crippen molar-refractivity contribution < 1.29 is 14.3 Å². The number of nitrogens with one attached hydrogen (secondary N) is 1. The van der Waals surface area contributed by atoms with Gasteiger partial charge in [0.25, 0.3) is 5.91 Å². The number of rotatable bonds is 11. The maximum atomic E-state index is 12.5. The lowest BCUT2D eigenvalue weighted by atomic mass is 10.2. The summed E-state index contributed by atoms with van der Waals surface area (Å²) in [7, 11) is 1.61. The number of hydrogen-bond donors (Lipinski definition) is 1. The van der Waals surface area contributed by atoms with Crippen molar-refractivity contribution in [3.63, 3.8) is 0 Å². The number of unbranched alkanes of at least 4 members (excludes halogenated alkanes) is 1. The van der Waals surface area contributed by atoms with Crippen LogP contribution in [0.5, 0.6) is 5.88 Å². The Labute approximate surface area is 179 Å². The molecule has 0 bridgehead atoms. The van der Waals surface area contributed by atoms with E-state index in [4.69, 9.17) is 9.47 Å². The van der Waals surface area contributed by atoms with Crippen molar-refractivity contribution in [3.8, 4) is 5.88 Å². The number of aromatic nitrogens is 1. The van der Waals surface area contributed by atoms with Gasteiger partial charge in [0.15, 0.2) is 0 Å². The fraction of sp³-hybridized carbons (Fsp3) is 0.478. The first-order chi connectivity index (χ1) is 14.8. The number of para-hydroxylation sites is 1. The molecular weight excluding hydrogens is 380 g/mol. The fourth-order valence-corrected chi connectivity index (χ4v) is 3.53. The van der Waals surface area contributed by atoms with Crippen LogP contribution in [0, 0.1) is 0 Å². The molecule has 0 unspecified atom stereocenters. The number of carbonyl (C=O) groups is 1. The minimum Gasteiger partial charge on any atom is -0.475 e. The number of methoxy groups -OCH3 is 1. The van der Waals surface area contributed by atoms with Crippen LogP contribution in [0.2, 0.25) is 0 Å². The Morgan fingerprint density at radius 3 is 2.60 bits per heavy atom. The molecule has 7 heteroatoms. The van der Waals surface area contributed by atoms with E-state index in [1.165, 1.54) is 5.69 Å². The third-order valence-corrected chi connectivity index (χ3v) is 5.22. The van der Waals surface area contributed by atoms with Crippen molar-refractivity contribution in [3.05, 3.63) is 54.2 Å². The zero-order valence-electron chi connectivity index (χ0n) is 17.8. The standard InChI is InChI=1S/C23H32N4O3/c1-29-18-19-30-23-21(10-7-12-25-23)22(28)24-11-5-6-13-26-14-16-27(17-15-26)20-8-3-2-4-9-20/h2-4,7-10,12H,5-6,11,13-19H2,1H3,(H,24,28). The van der Waals surface area contributed by atoms with Crippen molar-refractivity contribution >= 4 is 11.6 Å². The van der Waals surface area contributed by atoms with E-state index >= 15 is 0 Å². The van der Waals surface area contributed by atoms with Crippen LogP contribution in [0.25, 0.3) is 0 Å². The Morgan fingerprint density at radius 1 is 1.03 bits per heavy atom. The van der Waals surface area contributed by atoms with Crippen LogP contribution in [-0.4, -0.2) is 75.4 Å². The van der Waals surface area contributed by atoms with Gasteiger partial charge in [0.05, 0.1) is 6.61 Å². The van der Waals surface area contributed by atoms with Crippen molar-refractivity contribution in [2.45, 2.75) is 12.8 Å². The Hall–Kier alpha value is -2.64. The average molecular weight is 413 g/mol. The lowest BCUT2D eigenvalue weighted by Gasteiger charge is -2.36. The second-order valence-corrected chi connectivity index (χ2v) is 7.32. The van der Waals surface area contributed by atoms with Crippen LogP contribution in [0.1, 0.15) is 23.2 Å². The molecule has 3 rings (SSSR count). The summed E-state index contributed by atoms with van der Waals surface area (Å²) in [5.41, 5.74) is 1.77. The van der Waals surface area contributed by atoms with Gasteiger partial charge < -0.3 is 19.7 Å². The number of ether oxygens (including phenoxy) is 2. The van der Waals surface area contributed by atoms with Crippen LogP contribution in [0.4, 0.5) is 5.69 Å². The van der Waals surface area contributed by atoms with Gasteiger partial charge in [0.1, 0.15) is 12.2 Å². The molecule has 0 saturated carbocycles. The van der Waals surface area contributed by atoms with Gasteiger partial charge in [-0.05, 0) is 43.7 Å². The second kappa shape index (κ2) is 12.1. The van der Waals surface area contributed by atoms with Gasteiger partial charge in [-0.25, -0.2) is 4.98 Å². The zero-order valence-corrected chi connectivity index (χ0v) is 17.8. The molecule has 1 N–H and O–H groups in total. The third kappa shape index (κ3) is 6.71. The van der Waals surface area contributed by atoms with Gasteiger partial charge in [0, 0.05) is 51.7 Å². The molecule has 1 fully saturated rings. The number of carbonyl (C=O) groups excluding carboxylic acids is 1. The van der Waals surface area contributed by atoms with E-state index in [-0.39, 0.29) is 5.91 Å². The quantitative estimate of drug-likeness (QED) is 0.572. The predicted molar refractivity (Wildman–Crippen MR) is 118 cm³/mol. The van der Waals surface area contributed by atoms with Crippen LogP contribution in [0.15, 0.2) is 48.7 Å². The topological polar surface area (TPSA) is 66.9 Å². The summed E-state index contributed by atoms with van der Waals surface area (Å²) < 4.78 is 10.5. The molecule has 0 aliphatic carbocycles. The molecule has 1 amide bonds. The maximum Gasteiger partial charge on any atom is 0.256 e. The van der Waals surface area contributed by atoms with E-state index in [1.807, 2.05) is 0 Å². The summed E-state index contributed by atoms with van der Waals surface area (Å²) in [6, 6.07) is 14.1. The van der Waals surface area contributed by atoms with E-state index in [0.717, 1.165) is 45.6 Å². The number of pyridine rings is 1. The summed E-state index contributed by atoms with van der Waals surface area (Å²) in [4.78, 5) is 21.6. The first-order valence-corrected chi connectivity index (χ1v) is 10.6. The van der Waals surface area contributed by atoms with Crippen LogP contribution >= 0.6 is 0 Å². The van der Waals surface area contributed by atoms with Gasteiger partial charge in [-0.15, -0.1) is 0 Å². The number of amides is 1. The highest BCUT2D eigenvalue weighted by Gasteiger charge is 2.17. The molecule has 2 heterocycles. The minimum absolute atomic E-state index is 0.146. The van der Waals surface area contributed by atoms with Crippen LogP contribution < -0.4 is 15.0 Å². The Balaban J connectivity index is 1.32. The number of anilines is 1. The molecule has 1 aromatic heterocycles. The number of piperazine rings is 1. The molecule has 7 nitrogen and oxygen atoms in total. The number of hydrogen-bond acceptors (Lipinski definition) is 6. The van der Waals surface area contributed by atoms with Crippen molar-refractivity contribution in [2.75, 3.05) is 64.5 Å². The highest BCUT2D eigenvalue weighted by atomic mass is 16.5. The summed E-state index contributed by atoms with van der Waals surface area (Å²) in [5, 5.41) is 2.98. The molecule has 2 aromatic rings. The zero-order chi connectivity index (χ0) is 21.0. The van der Waals surface area contributed by atoms with Crippen LogP contribution in [0.3, 0.4) is 0 Å². The summed E-state index contributed by atoms with van der Waals surface area (Å²) in [6.45, 7) is 6.83. The summed E-state index contributed by atoms with van der Waals surface area (Å²) in [5.74, 6) is 0.204. The van der Waals surface area contributed by atoms with Crippen molar-refractivity contribution in [2.24, 2.45) is 0 Å². The Morgan fingerprint density at radius 2 is 1.83 bits per heavy atom. The monoisotopic (exact) mass is 412 g/mol. The van der Waals surface area contributed by atoms with Gasteiger partial charge in [-0.3, -0.25) is 9.69 Å². The van der Waals surface area contributed by atoms with Gasteiger partial charge >= 0.3 is 0 Å². The van der Waals surface area contributed by atoms with Crippen molar-refractivity contribution in [1.29, 1.82) is 0 Å². The van der Waals surface area contributed by atoms with Gasteiger partial charge in [-0.2, -0.15) is 0 Å². The fourth-order valence-electron chi connectivity index (χ4n) is 3.53. The second-order valence-electron chi connectivity index (χ2n) is 7.32. The molecule has 1 aliphatic heterocycles. The smallest absolute Gasteiger partial charge is 0.256 e. The Bertz CT molecular complexity index is 764. The molecule has 1 aliphatic rings. The first-order valence-electron chi connectivity index (χ1n) is 10.6. The number of benzene rings is 1. The normalized spacial score (nSPS) is 14.5. The van der Waals surface area contributed by atoms with E-state index in [2.05, 4.69) is 50.4 Å². The highest BCUT2D eigenvalue weighted by Crippen LogP contribution is 2.16. The molecule has 0 atom stereocenters. The molecule has 1 aromatic carbocycles. The maximum absolute atomic E-state index is 12.5. The minimum atomic E-state index is -0.146. The Kier molecular flexibility index (Phi) is 8.93. The van der Waals surface area contributed by atoms with E-state index in [1.54, 1.807) is 25.4 Å². The molecule has 0 spiro atoms. The summed E-state index contributed by atoms with van der Waals surface area (Å²) >= 11 is 0. The molecular formula is C23H32N4O3. The van der Waals surface area contributed by atoms with E-state index in [9.17, 15) is 4.79 Å². The average Bonchev–Trinajstić information content (AvgIpc) is 2.80. The molecule has 162 valence electrons. The van der Waals surface area contributed by atoms with Gasteiger partial charge in [-0.1, -0.05) is 18.2 Å². The van der Waals surface area contributed by atoms with E-state index < -0.39 is 0 Å². The third-order valence-electron chi connectivity index (χ3n) is 5.22. The first kappa shape index (κ1) is 22.1. The van der Waals surface area contributed by atoms with Crippen LogP contribution in [-0.2, 0) is 4.74 Å². The SMILES string of the molecule is COCCOc1ncccc1C(=O)NCCCCN1CCN(c2ccccc2)CC1. The molecule has 0 radical (unpaired) electrons. The highest BCUT2D eigenvalue weighted by molar-refractivity contribution is 5.96. The van der Waals surface area contributed by atoms with E-state index in [0.29, 0.717) is 31.2 Å². The predicted octanol–water partition coefficient (Wildman–Crippen LogP) is 2.44.